The quantitative estimate of drug-likeness (QED) is 0.633. The van der Waals surface area contributed by atoms with Crippen molar-refractivity contribution in [2.45, 2.75) is 6.54 Å². The molecule has 0 spiro atoms. The summed E-state index contributed by atoms with van der Waals surface area (Å²) in [6.45, 7) is 0.243. The SMILES string of the molecule is ONCc1c(O)ccc2ccccc12. The van der Waals surface area contributed by atoms with Crippen LogP contribution in [0.2, 0.25) is 0 Å². The van der Waals surface area contributed by atoms with Gasteiger partial charge in [-0.1, -0.05) is 30.3 Å². The molecule has 0 unspecified atom stereocenters. The number of hydrogen-bond acceptors (Lipinski definition) is 3. The lowest BCUT2D eigenvalue weighted by Gasteiger charge is -2.07. The van der Waals surface area contributed by atoms with Crippen molar-refractivity contribution in [3.63, 3.8) is 0 Å². The molecule has 0 fully saturated rings. The first kappa shape index (κ1) is 8.99. The third-order valence-corrected chi connectivity index (χ3v) is 2.27. The molecular formula is C11H11NO2. The number of phenolic OH excluding ortho intramolecular Hbond substituents is 1. The molecule has 0 saturated carbocycles. The van der Waals surface area contributed by atoms with E-state index in [2.05, 4.69) is 5.48 Å². The molecule has 72 valence electrons. The van der Waals surface area contributed by atoms with E-state index in [1.54, 1.807) is 6.07 Å². The van der Waals surface area contributed by atoms with E-state index in [1.807, 2.05) is 30.3 Å². The van der Waals surface area contributed by atoms with Gasteiger partial charge in [0.05, 0.1) is 6.54 Å². The fourth-order valence-electron chi connectivity index (χ4n) is 1.59. The number of hydroxylamine groups is 1. The van der Waals surface area contributed by atoms with E-state index >= 15 is 0 Å². The molecule has 0 heterocycles. The lowest BCUT2D eigenvalue weighted by molar-refractivity contribution is 0.160. The molecule has 2 aromatic rings. The van der Waals surface area contributed by atoms with Gasteiger partial charge in [0.15, 0.2) is 0 Å². The molecule has 3 heteroatoms. The number of benzene rings is 2. The van der Waals surface area contributed by atoms with Crippen LogP contribution in [-0.2, 0) is 6.54 Å². The number of nitrogens with one attached hydrogen (secondary N) is 1. The Bertz CT molecular complexity index is 454. The smallest absolute Gasteiger partial charge is 0.120 e. The summed E-state index contributed by atoms with van der Waals surface area (Å²) in [7, 11) is 0. The molecule has 0 aliphatic rings. The van der Waals surface area contributed by atoms with Crippen LogP contribution in [0.25, 0.3) is 10.8 Å². The Balaban J connectivity index is 2.69. The molecule has 0 aliphatic carbocycles. The van der Waals surface area contributed by atoms with Gasteiger partial charge in [-0.15, -0.1) is 0 Å². The van der Waals surface area contributed by atoms with Crippen molar-refractivity contribution in [1.82, 2.24) is 5.48 Å². The average molecular weight is 189 g/mol. The first-order valence-corrected chi connectivity index (χ1v) is 4.39. The zero-order valence-corrected chi connectivity index (χ0v) is 7.57. The van der Waals surface area contributed by atoms with Crippen LogP contribution in [0, 0.1) is 0 Å². The number of aromatic hydroxyl groups is 1. The Morgan fingerprint density at radius 1 is 1.07 bits per heavy atom. The predicted octanol–water partition coefficient (Wildman–Crippen LogP) is 2.02. The van der Waals surface area contributed by atoms with Gasteiger partial charge < -0.3 is 10.3 Å². The second kappa shape index (κ2) is 3.65. The summed E-state index contributed by atoms with van der Waals surface area (Å²) in [5, 5.41) is 20.2. The van der Waals surface area contributed by atoms with Gasteiger partial charge in [0.25, 0.3) is 0 Å². The van der Waals surface area contributed by atoms with E-state index in [-0.39, 0.29) is 12.3 Å². The minimum absolute atomic E-state index is 0.199. The maximum absolute atomic E-state index is 9.59. The number of rotatable bonds is 2. The molecule has 2 rings (SSSR count). The van der Waals surface area contributed by atoms with Crippen molar-refractivity contribution in [3.8, 4) is 5.75 Å². The maximum Gasteiger partial charge on any atom is 0.120 e. The zero-order valence-electron chi connectivity index (χ0n) is 7.57. The van der Waals surface area contributed by atoms with Gasteiger partial charge in [-0.25, -0.2) is 5.48 Å². The van der Waals surface area contributed by atoms with Crippen LogP contribution in [0.4, 0.5) is 0 Å². The third kappa shape index (κ3) is 1.43. The lowest BCUT2D eigenvalue weighted by atomic mass is 10.0. The Kier molecular flexibility index (Phi) is 2.35. The standard InChI is InChI=1S/C11H11NO2/c13-11-6-5-8-3-1-2-4-9(8)10(11)7-12-14/h1-6,12-14H,7H2. The van der Waals surface area contributed by atoms with Crippen molar-refractivity contribution in [1.29, 1.82) is 0 Å². The normalized spacial score (nSPS) is 10.6. The van der Waals surface area contributed by atoms with E-state index < -0.39 is 0 Å². The van der Waals surface area contributed by atoms with Crippen LogP contribution in [0.3, 0.4) is 0 Å². The van der Waals surface area contributed by atoms with Crippen molar-refractivity contribution < 1.29 is 10.3 Å². The Morgan fingerprint density at radius 2 is 1.86 bits per heavy atom. The van der Waals surface area contributed by atoms with Crippen LogP contribution in [0.1, 0.15) is 5.56 Å². The molecule has 0 radical (unpaired) electrons. The average Bonchev–Trinajstić information content (AvgIpc) is 2.23. The van der Waals surface area contributed by atoms with Gasteiger partial charge in [-0.2, -0.15) is 0 Å². The molecule has 0 bridgehead atoms. The van der Waals surface area contributed by atoms with E-state index in [0.29, 0.717) is 5.56 Å². The van der Waals surface area contributed by atoms with E-state index in [4.69, 9.17) is 5.21 Å². The molecule has 3 N–H and O–H groups in total. The largest absolute Gasteiger partial charge is 0.508 e. The Labute approximate surface area is 81.6 Å². The number of phenols is 1. The van der Waals surface area contributed by atoms with Gasteiger partial charge in [0, 0.05) is 5.56 Å². The Morgan fingerprint density at radius 3 is 2.64 bits per heavy atom. The van der Waals surface area contributed by atoms with Gasteiger partial charge in [0.2, 0.25) is 0 Å². The minimum Gasteiger partial charge on any atom is -0.508 e. The van der Waals surface area contributed by atoms with E-state index in [9.17, 15) is 5.11 Å². The van der Waals surface area contributed by atoms with Crippen LogP contribution >= 0.6 is 0 Å². The summed E-state index contributed by atoms with van der Waals surface area (Å²) in [6.07, 6.45) is 0. The highest BCUT2D eigenvalue weighted by atomic mass is 16.5. The highest BCUT2D eigenvalue weighted by Gasteiger charge is 2.04. The van der Waals surface area contributed by atoms with Crippen LogP contribution < -0.4 is 5.48 Å². The highest BCUT2D eigenvalue weighted by Crippen LogP contribution is 2.26. The first-order valence-electron chi connectivity index (χ1n) is 4.39. The van der Waals surface area contributed by atoms with Gasteiger partial charge in [-0.05, 0) is 16.8 Å². The molecular weight excluding hydrogens is 178 g/mol. The predicted molar refractivity (Wildman–Crippen MR) is 54.2 cm³/mol. The summed E-state index contributed by atoms with van der Waals surface area (Å²) >= 11 is 0. The lowest BCUT2D eigenvalue weighted by Crippen LogP contribution is -2.06. The molecule has 0 aromatic heterocycles. The van der Waals surface area contributed by atoms with Crippen LogP contribution in [0.5, 0.6) is 5.75 Å². The molecule has 0 saturated heterocycles. The van der Waals surface area contributed by atoms with Crippen LogP contribution in [0.15, 0.2) is 36.4 Å². The van der Waals surface area contributed by atoms with Crippen molar-refractivity contribution in [2.75, 3.05) is 0 Å². The molecule has 0 atom stereocenters. The molecule has 3 nitrogen and oxygen atoms in total. The summed E-state index contributed by atoms with van der Waals surface area (Å²) in [5.41, 5.74) is 2.77. The van der Waals surface area contributed by atoms with Gasteiger partial charge in [0.1, 0.15) is 5.75 Å². The number of fused-ring (bicyclic) bond motifs is 1. The van der Waals surface area contributed by atoms with Crippen molar-refractivity contribution >= 4 is 10.8 Å². The van der Waals surface area contributed by atoms with Crippen molar-refractivity contribution in [3.05, 3.63) is 42.0 Å². The summed E-state index contributed by atoms with van der Waals surface area (Å²) < 4.78 is 0. The first-order chi connectivity index (χ1) is 6.83. The second-order valence-electron chi connectivity index (χ2n) is 3.12. The Hall–Kier alpha value is -1.58. The van der Waals surface area contributed by atoms with Gasteiger partial charge >= 0.3 is 0 Å². The topological polar surface area (TPSA) is 52.5 Å². The molecule has 0 aliphatic heterocycles. The highest BCUT2D eigenvalue weighted by molar-refractivity contribution is 5.87. The molecule has 14 heavy (non-hydrogen) atoms. The summed E-state index contributed by atoms with van der Waals surface area (Å²) in [5.74, 6) is 0.199. The van der Waals surface area contributed by atoms with E-state index in [0.717, 1.165) is 10.8 Å². The van der Waals surface area contributed by atoms with Gasteiger partial charge in [-0.3, -0.25) is 0 Å². The summed E-state index contributed by atoms with van der Waals surface area (Å²) in [6, 6.07) is 11.2. The third-order valence-electron chi connectivity index (χ3n) is 2.27. The fourth-order valence-corrected chi connectivity index (χ4v) is 1.59. The summed E-state index contributed by atoms with van der Waals surface area (Å²) in [4.78, 5) is 0. The second-order valence-corrected chi connectivity index (χ2v) is 3.12. The maximum atomic E-state index is 9.59. The van der Waals surface area contributed by atoms with E-state index in [1.165, 1.54) is 0 Å². The molecule has 2 aromatic carbocycles. The minimum atomic E-state index is 0.199. The number of hydrogen-bond donors (Lipinski definition) is 3. The van der Waals surface area contributed by atoms with Crippen LogP contribution in [-0.4, -0.2) is 10.3 Å². The van der Waals surface area contributed by atoms with Crippen molar-refractivity contribution in [2.24, 2.45) is 0 Å². The fraction of sp³-hybridized carbons (Fsp3) is 0.0909. The zero-order chi connectivity index (χ0) is 9.97. The monoisotopic (exact) mass is 189 g/mol. The molecule has 0 amide bonds.